The Morgan fingerprint density at radius 1 is 0.949 bits per heavy atom. The highest BCUT2D eigenvalue weighted by atomic mass is 32.2. The van der Waals surface area contributed by atoms with Crippen molar-refractivity contribution in [3.63, 3.8) is 0 Å². The van der Waals surface area contributed by atoms with E-state index < -0.39 is 134 Å². The fraction of sp³-hybridized carbons (Fsp3) is 0.500. The molecule has 3 saturated heterocycles. The molecule has 8 atom stereocenters. The van der Waals surface area contributed by atoms with Gasteiger partial charge in [-0.1, -0.05) is 30.3 Å². The molecule has 8 rings (SSSR count). The molecule has 0 bridgehead atoms. The van der Waals surface area contributed by atoms with Crippen LogP contribution in [0.5, 0.6) is 5.75 Å². The molecule has 420 valence electrons. The number of likely N-dealkylation sites (N-methyl/N-ethyl adjacent to an activating group) is 2. The minimum absolute atomic E-state index is 0.00158. The first-order valence-corrected chi connectivity index (χ1v) is 25.9. The molecule has 0 radical (unpaired) electrons. The number of ketones is 2. The number of β-lactam (4-membered cyclic amide) rings is 1. The summed E-state index contributed by atoms with van der Waals surface area (Å²) in [6, 6.07) is 4.52. The standard InChI is InChI=1S/C29H39N5O8.C23H27N5O7S/c1-28(2,3)31-11-17(35)32-15-10-16(33(4)5)13-8-12-9-14-21(34(6)7)24(38)20(27(30)41)26(40)29(14,42)25(39)18(12)23(37)19(13)22(15)36;1-4-26-10-11-27(19(32)18(26)31)22(35)25-13(12-8-6-5-7-9-12)16(29)24-14-17(30)28-15(21(33)34)23(2,3)36-20(14)28/h10,12,14,21,31,36-37,40,42H,8-9,11H2,1-7H3,(H2,30,41)(H,32,35);5-9,13-15,20H,4,10-11H2,1-3H3,(H,24,29)(H,25,35)(H,33,34)/t12-,14-,21-,29-;13-,14-,15+,20-/m01/s1. The predicted octanol–water partition coefficient (Wildman–Crippen LogP) is 0.116. The molecule has 4 fully saturated rings. The molecule has 26 heteroatoms. The summed E-state index contributed by atoms with van der Waals surface area (Å²) in [5, 5.41) is 65.5. The van der Waals surface area contributed by atoms with E-state index >= 15 is 0 Å². The van der Waals surface area contributed by atoms with E-state index in [-0.39, 0.29) is 54.8 Å². The number of fused-ring (bicyclic) bond motifs is 4. The molecule has 25 nitrogen and oxygen atoms in total. The third-order valence-electron chi connectivity index (χ3n) is 14.8. The fourth-order valence-electron chi connectivity index (χ4n) is 11.0. The van der Waals surface area contributed by atoms with Crippen LogP contribution in [-0.4, -0.2) is 198 Å². The van der Waals surface area contributed by atoms with E-state index in [1.807, 2.05) is 20.8 Å². The smallest absolute Gasteiger partial charge is 0.327 e. The second kappa shape index (κ2) is 21.4. The Labute approximate surface area is 453 Å². The quantitative estimate of drug-likeness (QED) is 0.0584. The first-order valence-electron chi connectivity index (χ1n) is 25.1. The summed E-state index contributed by atoms with van der Waals surface area (Å²) >= 11 is 1.28. The Kier molecular flexibility index (Phi) is 15.9. The average Bonchev–Trinajstić information content (AvgIpc) is 3.82. The number of carbonyl (C=O) groups is 10. The number of carboxylic acids is 1. The van der Waals surface area contributed by atoms with Crippen LogP contribution >= 0.6 is 11.8 Å². The van der Waals surface area contributed by atoms with Gasteiger partial charge in [0, 0.05) is 61.2 Å². The molecule has 1 saturated carbocycles. The molecule has 3 heterocycles. The molecule has 3 aliphatic carbocycles. The third kappa shape index (κ3) is 10.2. The van der Waals surface area contributed by atoms with Gasteiger partial charge in [-0.25, -0.2) is 9.59 Å². The Balaban J connectivity index is 0.000000229. The second-order valence-corrected chi connectivity index (χ2v) is 23.6. The van der Waals surface area contributed by atoms with E-state index in [2.05, 4.69) is 21.3 Å². The monoisotopic (exact) mass is 1100 g/mol. The average molecular weight is 1100 g/mol. The number of carbonyl (C=O) groups excluding carboxylic acids is 9. The van der Waals surface area contributed by atoms with Crippen LogP contribution < -0.4 is 31.9 Å². The maximum Gasteiger partial charge on any atom is 0.327 e. The van der Waals surface area contributed by atoms with Gasteiger partial charge >= 0.3 is 23.8 Å². The fourth-order valence-corrected chi connectivity index (χ4v) is 12.7. The van der Waals surface area contributed by atoms with Crippen molar-refractivity contribution in [3.05, 3.63) is 70.0 Å². The largest absolute Gasteiger partial charge is 0.508 e. The number of aliphatic hydroxyl groups is 3. The Morgan fingerprint density at radius 2 is 1.59 bits per heavy atom. The number of carboxylic acid groups (broad SMARTS) is 1. The van der Waals surface area contributed by atoms with Gasteiger partial charge < -0.3 is 67.2 Å². The van der Waals surface area contributed by atoms with Gasteiger partial charge in [0.05, 0.1) is 23.8 Å². The van der Waals surface area contributed by atoms with Crippen molar-refractivity contribution in [1.29, 1.82) is 0 Å². The summed E-state index contributed by atoms with van der Waals surface area (Å²) in [7, 11) is 6.58. The summed E-state index contributed by atoms with van der Waals surface area (Å²) in [4.78, 5) is 134. The van der Waals surface area contributed by atoms with E-state index in [0.29, 0.717) is 23.4 Å². The van der Waals surface area contributed by atoms with Crippen LogP contribution in [0.25, 0.3) is 5.76 Å². The van der Waals surface area contributed by atoms with Gasteiger partial charge in [-0.3, -0.25) is 48.2 Å². The number of phenolic OH excluding ortho intramolecular Hbond substituents is 1. The second-order valence-electron chi connectivity index (χ2n) is 21.9. The Morgan fingerprint density at radius 3 is 2.15 bits per heavy atom. The molecule has 0 aromatic heterocycles. The molecule has 2 aromatic carbocycles. The molecule has 2 aromatic rings. The number of nitrogens with one attached hydrogen (secondary N) is 4. The Bertz CT molecular complexity index is 2970. The molecule has 6 aliphatic rings. The number of urea groups is 1. The Hall–Kier alpha value is -7.55. The van der Waals surface area contributed by atoms with Crippen molar-refractivity contribution in [2.24, 2.45) is 17.6 Å². The van der Waals surface area contributed by atoms with Crippen LogP contribution in [0.3, 0.4) is 0 Å². The van der Waals surface area contributed by atoms with E-state index in [1.54, 1.807) is 90.3 Å². The summed E-state index contributed by atoms with van der Waals surface area (Å²) in [6.07, 6.45) is 0.117. The van der Waals surface area contributed by atoms with Crippen LogP contribution in [0.4, 0.5) is 16.2 Å². The van der Waals surface area contributed by atoms with E-state index in [4.69, 9.17) is 5.73 Å². The number of hydrogen-bond acceptors (Lipinski definition) is 18. The number of anilines is 2. The molecule has 0 spiro atoms. The normalized spacial score (nSPS) is 25.7. The lowest BCUT2D eigenvalue weighted by Gasteiger charge is -2.50. The van der Waals surface area contributed by atoms with Crippen molar-refractivity contribution < 1.29 is 73.5 Å². The van der Waals surface area contributed by atoms with Gasteiger partial charge in [0.15, 0.2) is 11.4 Å². The van der Waals surface area contributed by atoms with Crippen molar-refractivity contribution >= 4 is 87.9 Å². The lowest BCUT2D eigenvalue weighted by molar-refractivity contribution is -0.161. The summed E-state index contributed by atoms with van der Waals surface area (Å²) in [5.41, 5.74) is 2.52. The molecule has 78 heavy (non-hydrogen) atoms. The van der Waals surface area contributed by atoms with Crippen LogP contribution in [0.1, 0.15) is 70.7 Å². The van der Waals surface area contributed by atoms with Gasteiger partial charge in [0.25, 0.3) is 5.91 Å². The van der Waals surface area contributed by atoms with Crippen molar-refractivity contribution in [2.75, 3.05) is 64.6 Å². The van der Waals surface area contributed by atoms with Crippen molar-refractivity contribution in [2.45, 2.75) is 99.8 Å². The van der Waals surface area contributed by atoms with Crippen LogP contribution in [0.15, 0.2) is 53.3 Å². The lowest BCUT2D eigenvalue weighted by Crippen LogP contribution is -2.71. The number of piperazine rings is 1. The van der Waals surface area contributed by atoms with Gasteiger partial charge in [0.2, 0.25) is 23.5 Å². The maximum absolute atomic E-state index is 14.0. The summed E-state index contributed by atoms with van der Waals surface area (Å²) in [6.45, 7) is 11.3. The number of nitrogens with zero attached hydrogens (tertiary/aromatic N) is 5. The molecule has 0 unspecified atom stereocenters. The SMILES string of the molecule is CCN1CCN(C(=O)N[C@@H](C(=O)N[C@@H]2C(=O)N3[C@@H]2SC(C)(C)[C@@H]3C(=O)O)c2ccccc2)C(=O)C1=O.CN(C)c1cc(NC(=O)CNC(C)(C)C)c(O)c2c1C[C@H]1C[C@H]3[C@H](N(C)C)C(=O)C(C(N)=O)=C(O)[C@@]3(O)C(=O)C1=C2O. The summed E-state index contributed by atoms with van der Waals surface area (Å²) in [5.74, 6) is -11.9. The number of thioether (sulfide) groups is 1. The molecule has 3 aliphatic heterocycles. The zero-order chi connectivity index (χ0) is 58.0. The molecular weight excluding hydrogens is 1040 g/mol. The zero-order valence-electron chi connectivity index (χ0n) is 44.8. The number of aliphatic carboxylic acids is 1. The number of aromatic hydroxyl groups is 1. The van der Waals surface area contributed by atoms with Gasteiger partial charge in [-0.05, 0) is 91.6 Å². The number of nitrogens with two attached hydrogens (primary N) is 1. The number of primary amides is 1. The number of aliphatic hydroxyl groups excluding tert-OH is 2. The van der Waals surface area contributed by atoms with E-state index in [1.165, 1.54) is 26.5 Å². The highest BCUT2D eigenvalue weighted by Gasteiger charge is 2.66. The molecule has 8 amide bonds. The van der Waals surface area contributed by atoms with Gasteiger partial charge in [-0.2, -0.15) is 0 Å². The third-order valence-corrected chi connectivity index (χ3v) is 16.4. The number of benzene rings is 2. The number of Topliss-reactive ketones (excluding diaryl/α,β-unsaturated/α-hetero) is 2. The van der Waals surface area contributed by atoms with Crippen LogP contribution in [-0.2, 0) is 49.6 Å². The van der Waals surface area contributed by atoms with E-state index in [0.717, 1.165) is 4.90 Å². The van der Waals surface area contributed by atoms with Crippen LogP contribution in [0, 0.1) is 11.8 Å². The lowest BCUT2D eigenvalue weighted by atomic mass is 9.57. The number of imide groups is 1. The maximum atomic E-state index is 14.0. The molecular formula is C52H66N10O15S. The summed E-state index contributed by atoms with van der Waals surface area (Å²) < 4.78 is -0.758. The first-order chi connectivity index (χ1) is 36.3. The minimum Gasteiger partial charge on any atom is -0.508 e. The highest BCUT2D eigenvalue weighted by molar-refractivity contribution is 8.01. The molecule has 11 N–H and O–H groups in total. The topological polar surface area (TPSA) is 362 Å². The van der Waals surface area contributed by atoms with E-state index in [9.17, 15) is 73.5 Å². The number of rotatable bonds is 12. The van der Waals surface area contributed by atoms with Crippen molar-refractivity contribution in [1.82, 2.24) is 35.6 Å². The van der Waals surface area contributed by atoms with Gasteiger partial charge in [0.1, 0.15) is 46.3 Å². The van der Waals surface area contributed by atoms with Gasteiger partial charge in [-0.15, -0.1) is 11.8 Å². The zero-order valence-corrected chi connectivity index (χ0v) is 45.6. The predicted molar refractivity (Wildman–Crippen MR) is 282 cm³/mol. The minimum atomic E-state index is -2.73. The van der Waals surface area contributed by atoms with Crippen LogP contribution in [0.2, 0.25) is 0 Å². The highest BCUT2D eigenvalue weighted by Crippen LogP contribution is 2.55. The van der Waals surface area contributed by atoms with Crippen molar-refractivity contribution in [3.8, 4) is 5.75 Å². The number of phenols is 1. The number of amides is 8. The number of hydrogen-bond donors (Lipinski definition) is 10. The first kappa shape index (κ1) is 58.1.